The lowest BCUT2D eigenvalue weighted by molar-refractivity contribution is -0.127. The number of carbonyl (C=O) groups is 1. The van der Waals surface area contributed by atoms with Crippen LogP contribution in [-0.2, 0) is 11.3 Å². The van der Waals surface area contributed by atoms with Gasteiger partial charge in [-0.3, -0.25) is 4.79 Å². The molecule has 0 radical (unpaired) electrons. The molecule has 21 heavy (non-hydrogen) atoms. The minimum Gasteiger partial charge on any atom is -0.480 e. The Bertz CT molecular complexity index is 475. The summed E-state index contributed by atoms with van der Waals surface area (Å²) in [5.41, 5.74) is 1.17. The van der Waals surface area contributed by atoms with Crippen LogP contribution in [0.4, 0.5) is 0 Å². The molecule has 0 aliphatic carbocycles. The number of hydrogen-bond donors (Lipinski definition) is 2. The summed E-state index contributed by atoms with van der Waals surface area (Å²) in [5, 5.41) is 6.20. The summed E-state index contributed by atoms with van der Waals surface area (Å²) in [5.74, 6) is 0.567. The van der Waals surface area contributed by atoms with Crippen molar-refractivity contribution in [3.63, 3.8) is 0 Å². The quantitative estimate of drug-likeness (QED) is 0.788. The molecule has 118 valence electrons. The molecule has 1 aromatic rings. The molecule has 0 spiro atoms. The fourth-order valence-electron chi connectivity index (χ4n) is 1.72. The van der Waals surface area contributed by atoms with E-state index in [0.29, 0.717) is 11.8 Å². The number of amides is 1. The molecule has 1 atom stereocenters. The van der Waals surface area contributed by atoms with Crippen LogP contribution < -0.4 is 15.4 Å². The van der Waals surface area contributed by atoms with Gasteiger partial charge in [0.1, 0.15) is 5.75 Å². The van der Waals surface area contributed by atoms with Gasteiger partial charge in [0.15, 0.2) is 6.10 Å². The Morgan fingerprint density at radius 3 is 2.38 bits per heavy atom. The molecular formula is C16H25BrN2O2. The van der Waals surface area contributed by atoms with Crippen LogP contribution in [0.5, 0.6) is 5.75 Å². The highest BCUT2D eigenvalue weighted by molar-refractivity contribution is 9.10. The van der Waals surface area contributed by atoms with Gasteiger partial charge in [-0.25, -0.2) is 0 Å². The van der Waals surface area contributed by atoms with Crippen molar-refractivity contribution in [2.75, 3.05) is 0 Å². The van der Waals surface area contributed by atoms with E-state index in [2.05, 4.69) is 40.4 Å². The van der Waals surface area contributed by atoms with E-state index >= 15 is 0 Å². The van der Waals surface area contributed by atoms with Gasteiger partial charge in [0.2, 0.25) is 0 Å². The number of benzene rings is 1. The van der Waals surface area contributed by atoms with Crippen LogP contribution in [0.15, 0.2) is 22.7 Å². The summed E-state index contributed by atoms with van der Waals surface area (Å²) in [6.07, 6.45) is -0.525. The van der Waals surface area contributed by atoms with Crippen LogP contribution in [0.3, 0.4) is 0 Å². The van der Waals surface area contributed by atoms with Gasteiger partial charge in [-0.2, -0.15) is 0 Å². The maximum absolute atomic E-state index is 11.9. The zero-order chi connectivity index (χ0) is 16.0. The Morgan fingerprint density at radius 2 is 1.86 bits per heavy atom. The average molecular weight is 357 g/mol. The van der Waals surface area contributed by atoms with Gasteiger partial charge in [0, 0.05) is 18.6 Å². The van der Waals surface area contributed by atoms with E-state index in [-0.39, 0.29) is 11.9 Å². The SMILES string of the molecule is CC(C)NCc1ccc(OC(C)C(=O)NC(C)C)c(Br)c1. The second-order valence-electron chi connectivity index (χ2n) is 5.72. The van der Waals surface area contributed by atoms with E-state index in [4.69, 9.17) is 4.74 Å². The molecule has 1 unspecified atom stereocenters. The normalized spacial score (nSPS) is 12.6. The number of hydrogen-bond acceptors (Lipinski definition) is 3. The lowest BCUT2D eigenvalue weighted by atomic mass is 10.2. The topological polar surface area (TPSA) is 50.4 Å². The van der Waals surface area contributed by atoms with E-state index < -0.39 is 6.10 Å². The van der Waals surface area contributed by atoms with Crippen molar-refractivity contribution in [2.45, 2.75) is 59.4 Å². The standard InChI is InChI=1S/C16H25BrN2O2/c1-10(2)18-9-13-6-7-15(14(17)8-13)21-12(5)16(20)19-11(3)4/h6-8,10-12,18H,9H2,1-5H3,(H,19,20). The van der Waals surface area contributed by atoms with Crippen LogP contribution in [0.2, 0.25) is 0 Å². The summed E-state index contributed by atoms with van der Waals surface area (Å²) in [6.45, 7) is 10.6. The summed E-state index contributed by atoms with van der Waals surface area (Å²) in [4.78, 5) is 11.9. The van der Waals surface area contributed by atoms with E-state index in [9.17, 15) is 4.79 Å². The lowest BCUT2D eigenvalue weighted by Gasteiger charge is -2.18. The third-order valence-corrected chi connectivity index (χ3v) is 3.43. The molecule has 1 rings (SSSR count). The molecule has 0 heterocycles. The van der Waals surface area contributed by atoms with Crippen molar-refractivity contribution < 1.29 is 9.53 Å². The van der Waals surface area contributed by atoms with Crippen molar-refractivity contribution in [1.82, 2.24) is 10.6 Å². The molecule has 2 N–H and O–H groups in total. The molecular weight excluding hydrogens is 332 g/mol. The van der Waals surface area contributed by atoms with Crippen molar-refractivity contribution in [2.24, 2.45) is 0 Å². The Labute approximate surface area is 135 Å². The second kappa shape index (κ2) is 8.39. The molecule has 0 aliphatic heterocycles. The fourth-order valence-corrected chi connectivity index (χ4v) is 2.24. The maximum atomic E-state index is 11.9. The van der Waals surface area contributed by atoms with Crippen LogP contribution >= 0.6 is 15.9 Å². The van der Waals surface area contributed by atoms with Crippen molar-refractivity contribution in [3.8, 4) is 5.75 Å². The zero-order valence-corrected chi connectivity index (χ0v) is 15.0. The summed E-state index contributed by atoms with van der Waals surface area (Å²) < 4.78 is 6.57. The molecule has 0 aliphatic rings. The first kappa shape index (κ1) is 18.0. The van der Waals surface area contributed by atoms with Gasteiger partial charge in [-0.1, -0.05) is 19.9 Å². The van der Waals surface area contributed by atoms with Crippen molar-refractivity contribution in [3.05, 3.63) is 28.2 Å². The van der Waals surface area contributed by atoms with Gasteiger partial charge in [0.25, 0.3) is 5.91 Å². The Morgan fingerprint density at radius 1 is 1.19 bits per heavy atom. The molecule has 0 saturated carbocycles. The molecule has 5 heteroatoms. The first-order valence-electron chi connectivity index (χ1n) is 7.28. The molecule has 4 nitrogen and oxygen atoms in total. The Kier molecular flexibility index (Phi) is 7.18. The van der Waals surface area contributed by atoms with Gasteiger partial charge < -0.3 is 15.4 Å². The van der Waals surface area contributed by atoms with Crippen LogP contribution in [-0.4, -0.2) is 24.1 Å². The van der Waals surface area contributed by atoms with Gasteiger partial charge in [0.05, 0.1) is 4.47 Å². The molecule has 0 bridgehead atoms. The minimum absolute atomic E-state index is 0.108. The number of ether oxygens (including phenoxy) is 1. The molecule has 1 aromatic carbocycles. The van der Waals surface area contributed by atoms with Crippen LogP contribution in [0, 0.1) is 0 Å². The summed E-state index contributed by atoms with van der Waals surface area (Å²) in [7, 11) is 0. The summed E-state index contributed by atoms with van der Waals surface area (Å²) in [6, 6.07) is 6.46. The number of halogens is 1. The monoisotopic (exact) mass is 356 g/mol. The van der Waals surface area contributed by atoms with Crippen molar-refractivity contribution >= 4 is 21.8 Å². The Balaban J connectivity index is 2.65. The highest BCUT2D eigenvalue weighted by atomic mass is 79.9. The maximum Gasteiger partial charge on any atom is 0.260 e. The van der Waals surface area contributed by atoms with Gasteiger partial charge >= 0.3 is 0 Å². The summed E-state index contributed by atoms with van der Waals surface area (Å²) >= 11 is 3.50. The predicted octanol–water partition coefficient (Wildman–Crippen LogP) is 3.24. The largest absolute Gasteiger partial charge is 0.480 e. The highest BCUT2D eigenvalue weighted by Gasteiger charge is 2.16. The number of carbonyl (C=O) groups excluding carboxylic acids is 1. The van der Waals surface area contributed by atoms with Crippen molar-refractivity contribution in [1.29, 1.82) is 0 Å². The van der Waals surface area contributed by atoms with Gasteiger partial charge in [-0.05, 0) is 54.4 Å². The first-order valence-corrected chi connectivity index (χ1v) is 8.07. The second-order valence-corrected chi connectivity index (χ2v) is 6.58. The highest BCUT2D eigenvalue weighted by Crippen LogP contribution is 2.27. The first-order chi connectivity index (χ1) is 9.79. The zero-order valence-electron chi connectivity index (χ0n) is 13.4. The molecule has 0 aromatic heterocycles. The predicted molar refractivity (Wildman–Crippen MR) is 89.5 cm³/mol. The van der Waals surface area contributed by atoms with Crippen LogP contribution in [0.25, 0.3) is 0 Å². The average Bonchev–Trinajstić information content (AvgIpc) is 2.38. The van der Waals surface area contributed by atoms with Gasteiger partial charge in [-0.15, -0.1) is 0 Å². The van der Waals surface area contributed by atoms with E-state index in [1.165, 1.54) is 5.56 Å². The number of nitrogens with one attached hydrogen (secondary N) is 2. The Hall–Kier alpha value is -1.07. The van der Waals surface area contributed by atoms with E-state index in [0.717, 1.165) is 11.0 Å². The lowest BCUT2D eigenvalue weighted by Crippen LogP contribution is -2.40. The minimum atomic E-state index is -0.525. The molecule has 0 saturated heterocycles. The molecule has 0 fully saturated rings. The smallest absolute Gasteiger partial charge is 0.260 e. The van der Waals surface area contributed by atoms with Crippen LogP contribution in [0.1, 0.15) is 40.2 Å². The number of rotatable bonds is 7. The van der Waals surface area contributed by atoms with E-state index in [1.54, 1.807) is 6.92 Å². The fraction of sp³-hybridized carbons (Fsp3) is 0.562. The third-order valence-electron chi connectivity index (χ3n) is 2.81. The molecule has 1 amide bonds. The third kappa shape index (κ3) is 6.48. The van der Waals surface area contributed by atoms with E-state index in [1.807, 2.05) is 32.0 Å².